The molecule has 1 atom stereocenters. The zero-order chi connectivity index (χ0) is 12.9. The van der Waals surface area contributed by atoms with Crippen molar-refractivity contribution < 1.29 is 4.74 Å². The van der Waals surface area contributed by atoms with Crippen molar-refractivity contribution in [2.75, 3.05) is 13.7 Å². The minimum atomic E-state index is 0.162. The van der Waals surface area contributed by atoms with Gasteiger partial charge in [-0.1, -0.05) is 26.0 Å². The first kappa shape index (κ1) is 14.0. The van der Waals surface area contributed by atoms with Crippen LogP contribution in [0.15, 0.2) is 24.3 Å². The molecule has 0 bridgehead atoms. The van der Waals surface area contributed by atoms with Crippen LogP contribution in [0.1, 0.15) is 39.7 Å². The molecule has 0 saturated carbocycles. The lowest BCUT2D eigenvalue weighted by molar-refractivity contribution is 0.337. The van der Waals surface area contributed by atoms with Crippen molar-refractivity contribution in [3.8, 4) is 5.75 Å². The summed E-state index contributed by atoms with van der Waals surface area (Å²) in [6.07, 6.45) is 1.11. The smallest absolute Gasteiger partial charge is 0.119 e. The van der Waals surface area contributed by atoms with Gasteiger partial charge < -0.3 is 10.1 Å². The SMILES string of the molecule is CCOc1cccc(C(C)(C)CC(C)NC)c1. The molecule has 0 radical (unpaired) electrons. The molecule has 0 aromatic heterocycles. The Labute approximate surface area is 105 Å². The highest BCUT2D eigenvalue weighted by Crippen LogP contribution is 2.30. The number of ether oxygens (including phenoxy) is 1. The molecule has 1 unspecified atom stereocenters. The fraction of sp³-hybridized carbons (Fsp3) is 0.600. The first-order valence-corrected chi connectivity index (χ1v) is 6.40. The Morgan fingerprint density at radius 1 is 1.35 bits per heavy atom. The van der Waals surface area contributed by atoms with Crippen molar-refractivity contribution in [3.63, 3.8) is 0 Å². The number of nitrogens with one attached hydrogen (secondary N) is 1. The minimum Gasteiger partial charge on any atom is -0.494 e. The summed E-state index contributed by atoms with van der Waals surface area (Å²) in [5, 5.41) is 3.30. The van der Waals surface area contributed by atoms with E-state index in [2.05, 4.69) is 44.3 Å². The Kier molecular flexibility index (Phi) is 5.01. The van der Waals surface area contributed by atoms with Gasteiger partial charge in [-0.05, 0) is 50.4 Å². The average molecular weight is 235 g/mol. The fourth-order valence-corrected chi connectivity index (χ4v) is 2.16. The Balaban J connectivity index is 2.85. The van der Waals surface area contributed by atoms with Gasteiger partial charge in [0.25, 0.3) is 0 Å². The van der Waals surface area contributed by atoms with E-state index < -0.39 is 0 Å². The van der Waals surface area contributed by atoms with Gasteiger partial charge >= 0.3 is 0 Å². The van der Waals surface area contributed by atoms with E-state index in [1.807, 2.05) is 20.0 Å². The van der Waals surface area contributed by atoms with Gasteiger partial charge in [0.2, 0.25) is 0 Å². The molecule has 96 valence electrons. The summed E-state index contributed by atoms with van der Waals surface area (Å²) in [4.78, 5) is 0. The second-order valence-electron chi connectivity index (χ2n) is 5.24. The van der Waals surface area contributed by atoms with Crippen LogP contribution in [0.5, 0.6) is 5.75 Å². The molecule has 1 aromatic rings. The molecular weight excluding hydrogens is 210 g/mol. The third-order valence-electron chi connectivity index (χ3n) is 3.24. The van der Waals surface area contributed by atoms with Crippen molar-refractivity contribution >= 4 is 0 Å². The van der Waals surface area contributed by atoms with Gasteiger partial charge in [-0.3, -0.25) is 0 Å². The second kappa shape index (κ2) is 6.06. The summed E-state index contributed by atoms with van der Waals surface area (Å²) < 4.78 is 5.56. The maximum Gasteiger partial charge on any atom is 0.119 e. The zero-order valence-corrected chi connectivity index (χ0v) is 11.7. The van der Waals surface area contributed by atoms with Crippen LogP contribution in [0, 0.1) is 0 Å². The van der Waals surface area contributed by atoms with E-state index in [4.69, 9.17) is 4.74 Å². The van der Waals surface area contributed by atoms with Crippen LogP contribution in [-0.4, -0.2) is 19.7 Å². The predicted molar refractivity (Wildman–Crippen MR) is 73.8 cm³/mol. The molecular formula is C15H25NO. The third kappa shape index (κ3) is 4.04. The lowest BCUT2D eigenvalue weighted by atomic mass is 9.79. The van der Waals surface area contributed by atoms with Gasteiger partial charge in [-0.25, -0.2) is 0 Å². The number of rotatable bonds is 6. The zero-order valence-electron chi connectivity index (χ0n) is 11.7. The summed E-state index contributed by atoms with van der Waals surface area (Å²) in [5.74, 6) is 0.968. The first-order valence-electron chi connectivity index (χ1n) is 6.40. The lowest BCUT2D eigenvalue weighted by Crippen LogP contribution is -2.30. The molecule has 0 amide bonds. The Morgan fingerprint density at radius 2 is 2.06 bits per heavy atom. The van der Waals surface area contributed by atoms with Crippen LogP contribution < -0.4 is 10.1 Å². The largest absolute Gasteiger partial charge is 0.494 e. The highest BCUT2D eigenvalue weighted by Gasteiger charge is 2.23. The van der Waals surface area contributed by atoms with Crippen LogP contribution >= 0.6 is 0 Å². The fourth-order valence-electron chi connectivity index (χ4n) is 2.16. The topological polar surface area (TPSA) is 21.3 Å². The second-order valence-corrected chi connectivity index (χ2v) is 5.24. The Hall–Kier alpha value is -1.02. The molecule has 0 saturated heterocycles. The van der Waals surface area contributed by atoms with Gasteiger partial charge in [0, 0.05) is 6.04 Å². The van der Waals surface area contributed by atoms with Crippen LogP contribution in [-0.2, 0) is 5.41 Å². The van der Waals surface area contributed by atoms with E-state index in [1.165, 1.54) is 5.56 Å². The van der Waals surface area contributed by atoms with E-state index >= 15 is 0 Å². The lowest BCUT2D eigenvalue weighted by Gasteiger charge is -2.29. The van der Waals surface area contributed by atoms with Crippen molar-refractivity contribution in [3.05, 3.63) is 29.8 Å². The Morgan fingerprint density at radius 3 is 2.65 bits per heavy atom. The van der Waals surface area contributed by atoms with Crippen molar-refractivity contribution in [2.45, 2.75) is 45.6 Å². The predicted octanol–water partition coefficient (Wildman–Crippen LogP) is 3.36. The summed E-state index contributed by atoms with van der Waals surface area (Å²) >= 11 is 0. The molecule has 0 aliphatic heterocycles. The third-order valence-corrected chi connectivity index (χ3v) is 3.24. The standard InChI is InChI=1S/C15H25NO/c1-6-17-14-9-7-8-13(10-14)15(3,4)11-12(2)16-5/h7-10,12,16H,6,11H2,1-5H3. The van der Waals surface area contributed by atoms with E-state index in [0.717, 1.165) is 18.8 Å². The van der Waals surface area contributed by atoms with Gasteiger partial charge in [-0.2, -0.15) is 0 Å². The minimum absolute atomic E-state index is 0.162. The Bertz CT molecular complexity index is 347. The average Bonchev–Trinajstić information content (AvgIpc) is 2.29. The van der Waals surface area contributed by atoms with Crippen LogP contribution in [0.25, 0.3) is 0 Å². The molecule has 0 aliphatic rings. The van der Waals surface area contributed by atoms with E-state index in [0.29, 0.717) is 6.04 Å². The normalized spacial score (nSPS) is 13.5. The number of hydrogen-bond acceptors (Lipinski definition) is 2. The van der Waals surface area contributed by atoms with E-state index in [1.54, 1.807) is 0 Å². The van der Waals surface area contributed by atoms with Crippen LogP contribution in [0.3, 0.4) is 0 Å². The molecule has 17 heavy (non-hydrogen) atoms. The maximum absolute atomic E-state index is 5.56. The van der Waals surface area contributed by atoms with Crippen LogP contribution in [0.4, 0.5) is 0 Å². The van der Waals surface area contributed by atoms with E-state index in [9.17, 15) is 0 Å². The summed E-state index contributed by atoms with van der Waals surface area (Å²) in [5.41, 5.74) is 1.50. The van der Waals surface area contributed by atoms with E-state index in [-0.39, 0.29) is 5.41 Å². The molecule has 0 heterocycles. The monoisotopic (exact) mass is 235 g/mol. The number of benzene rings is 1. The maximum atomic E-state index is 5.56. The molecule has 0 fully saturated rings. The summed E-state index contributed by atoms with van der Waals surface area (Å²) in [6.45, 7) is 9.52. The van der Waals surface area contributed by atoms with Gasteiger partial charge in [0.05, 0.1) is 6.61 Å². The van der Waals surface area contributed by atoms with Gasteiger partial charge in [0.1, 0.15) is 5.75 Å². The van der Waals surface area contributed by atoms with Crippen LogP contribution in [0.2, 0.25) is 0 Å². The molecule has 0 spiro atoms. The highest BCUT2D eigenvalue weighted by molar-refractivity contribution is 5.33. The highest BCUT2D eigenvalue weighted by atomic mass is 16.5. The molecule has 2 heteroatoms. The summed E-state index contributed by atoms with van der Waals surface area (Å²) in [7, 11) is 2.01. The summed E-state index contributed by atoms with van der Waals surface area (Å²) in [6, 6.07) is 8.95. The quantitative estimate of drug-likeness (QED) is 0.816. The van der Waals surface area contributed by atoms with Gasteiger partial charge in [0.15, 0.2) is 0 Å². The molecule has 1 aromatic carbocycles. The molecule has 2 nitrogen and oxygen atoms in total. The van der Waals surface area contributed by atoms with Crippen molar-refractivity contribution in [1.29, 1.82) is 0 Å². The van der Waals surface area contributed by atoms with Gasteiger partial charge in [-0.15, -0.1) is 0 Å². The van der Waals surface area contributed by atoms with Crippen molar-refractivity contribution in [1.82, 2.24) is 5.32 Å². The van der Waals surface area contributed by atoms with Crippen molar-refractivity contribution in [2.24, 2.45) is 0 Å². The molecule has 0 aliphatic carbocycles. The first-order chi connectivity index (χ1) is 7.99. The molecule has 1 rings (SSSR count). The number of hydrogen-bond donors (Lipinski definition) is 1. The molecule has 1 N–H and O–H groups in total.